The number of hydrogen-bond donors (Lipinski definition) is 3. The van der Waals surface area contributed by atoms with Crippen LogP contribution in [0.4, 0.5) is 11.6 Å². The Balaban J connectivity index is 0.00000523. The summed E-state index contributed by atoms with van der Waals surface area (Å²) in [5.74, 6) is 0.235. The van der Waals surface area contributed by atoms with Crippen molar-refractivity contribution in [1.82, 2.24) is 25.3 Å². The van der Waals surface area contributed by atoms with E-state index in [4.69, 9.17) is 4.74 Å². The standard InChI is InChI=1S/C38H47N7O5S.ClH/c1-25-7-5-8-26(2)35(25)32-20-34(43-37(42-32)44-51(48,49)31-10-6-9-28(19-31)36(46)47)50-24-29(14-13-27-11-12-27)39-23-33-40-21-30(22-41-33)45-17-15-38(3,4)16-18-45;/h5-10,19-22,27,29,39H,11-18,23-24H2,1-4H3,(H,46,47)(H,42,43,44);1H/t29-;/m1./s1. The van der Waals surface area contributed by atoms with E-state index in [1.807, 2.05) is 44.4 Å². The third-order valence-corrected chi connectivity index (χ3v) is 11.2. The van der Waals surface area contributed by atoms with Crippen LogP contribution in [0.2, 0.25) is 0 Å². The number of nitrogens with one attached hydrogen (secondary N) is 2. The summed E-state index contributed by atoms with van der Waals surface area (Å²) in [4.78, 5) is 32.0. The number of hydrogen-bond acceptors (Lipinski definition) is 10. The van der Waals surface area contributed by atoms with Crippen LogP contribution in [0.1, 0.15) is 79.7 Å². The average molecular weight is 750 g/mol. The number of benzene rings is 2. The second-order valence-electron chi connectivity index (χ2n) is 14.5. The maximum atomic E-state index is 13.4. The Morgan fingerprint density at radius 3 is 2.35 bits per heavy atom. The largest absolute Gasteiger partial charge is 0.478 e. The molecule has 2 fully saturated rings. The van der Waals surface area contributed by atoms with Crippen LogP contribution in [-0.4, -0.2) is 65.2 Å². The molecule has 2 aromatic carbocycles. The van der Waals surface area contributed by atoms with Crippen molar-refractivity contribution in [3.05, 3.63) is 83.4 Å². The highest BCUT2D eigenvalue weighted by atomic mass is 35.5. The lowest BCUT2D eigenvalue weighted by Crippen LogP contribution is -2.37. The van der Waals surface area contributed by atoms with Crippen LogP contribution >= 0.6 is 12.4 Å². The van der Waals surface area contributed by atoms with Crippen molar-refractivity contribution in [2.45, 2.75) is 83.7 Å². The monoisotopic (exact) mass is 749 g/mol. The van der Waals surface area contributed by atoms with E-state index in [2.05, 4.69) is 48.7 Å². The fourth-order valence-electron chi connectivity index (χ4n) is 6.35. The molecule has 0 spiro atoms. The van der Waals surface area contributed by atoms with Crippen molar-refractivity contribution in [1.29, 1.82) is 0 Å². The number of carboxylic acids is 1. The number of carbonyl (C=O) groups is 1. The Kier molecular flexibility index (Phi) is 12.4. The zero-order chi connectivity index (χ0) is 36.2. The lowest BCUT2D eigenvalue weighted by Gasteiger charge is -2.37. The number of ether oxygens (including phenoxy) is 1. The number of piperidine rings is 1. The summed E-state index contributed by atoms with van der Waals surface area (Å²) in [5.41, 5.74) is 4.54. The fourth-order valence-corrected chi connectivity index (χ4v) is 7.34. The van der Waals surface area contributed by atoms with Gasteiger partial charge < -0.3 is 20.1 Å². The van der Waals surface area contributed by atoms with Crippen LogP contribution in [-0.2, 0) is 16.6 Å². The van der Waals surface area contributed by atoms with Crippen LogP contribution in [0.5, 0.6) is 5.88 Å². The third-order valence-electron chi connectivity index (χ3n) is 9.83. The van der Waals surface area contributed by atoms with Crippen molar-refractivity contribution >= 4 is 40.0 Å². The van der Waals surface area contributed by atoms with Gasteiger partial charge in [-0.1, -0.05) is 51.0 Å². The predicted octanol–water partition coefficient (Wildman–Crippen LogP) is 6.83. The predicted molar refractivity (Wildman–Crippen MR) is 204 cm³/mol. The van der Waals surface area contributed by atoms with Crippen LogP contribution < -0.4 is 19.7 Å². The van der Waals surface area contributed by atoms with Gasteiger partial charge in [0, 0.05) is 30.8 Å². The lowest BCUT2D eigenvalue weighted by molar-refractivity contribution is 0.0696. The van der Waals surface area contributed by atoms with Crippen molar-refractivity contribution in [2.75, 3.05) is 29.3 Å². The molecule has 2 aromatic heterocycles. The Hall–Kier alpha value is -4.33. The minimum Gasteiger partial charge on any atom is -0.478 e. The maximum absolute atomic E-state index is 13.4. The molecule has 3 heterocycles. The molecule has 4 aromatic rings. The normalized spacial score (nSPS) is 16.1. The zero-order valence-corrected chi connectivity index (χ0v) is 31.8. The van der Waals surface area contributed by atoms with Gasteiger partial charge in [0.1, 0.15) is 12.4 Å². The van der Waals surface area contributed by atoms with Crippen LogP contribution in [0.25, 0.3) is 11.3 Å². The van der Waals surface area contributed by atoms with E-state index in [0.29, 0.717) is 23.5 Å². The van der Waals surface area contributed by atoms with Crippen LogP contribution in [0, 0.1) is 25.2 Å². The van der Waals surface area contributed by atoms with Gasteiger partial charge in [0.25, 0.3) is 10.0 Å². The van der Waals surface area contributed by atoms with Crippen LogP contribution in [0.15, 0.2) is 65.8 Å². The number of rotatable bonds is 15. The molecule has 6 rings (SSSR count). The molecule has 0 unspecified atom stereocenters. The molecule has 1 saturated carbocycles. The molecule has 12 nitrogen and oxygen atoms in total. The number of aromatic nitrogens is 4. The van der Waals surface area contributed by atoms with E-state index in [-0.39, 0.29) is 47.3 Å². The summed E-state index contributed by atoms with van der Waals surface area (Å²) < 4.78 is 35.5. The molecule has 1 aliphatic heterocycles. The molecule has 3 N–H and O–H groups in total. The van der Waals surface area contributed by atoms with Crippen molar-refractivity contribution in [2.24, 2.45) is 11.3 Å². The number of aryl methyl sites for hydroxylation is 2. The maximum Gasteiger partial charge on any atom is 0.335 e. The molecule has 1 saturated heterocycles. The molecule has 278 valence electrons. The molecule has 14 heteroatoms. The van der Waals surface area contributed by atoms with Gasteiger partial charge in [0.2, 0.25) is 11.8 Å². The number of aromatic carboxylic acids is 1. The molecular formula is C38H48ClN7O5S. The number of sulfonamides is 1. The van der Waals surface area contributed by atoms with Crippen molar-refractivity contribution < 1.29 is 23.1 Å². The van der Waals surface area contributed by atoms with Gasteiger partial charge in [-0.05, 0) is 80.2 Å². The molecular weight excluding hydrogens is 702 g/mol. The van der Waals surface area contributed by atoms with Gasteiger partial charge in [-0.15, -0.1) is 12.4 Å². The highest BCUT2D eigenvalue weighted by Gasteiger charge is 2.26. The summed E-state index contributed by atoms with van der Waals surface area (Å²) in [7, 11) is -4.23. The van der Waals surface area contributed by atoms with Crippen LogP contribution in [0.3, 0.4) is 0 Å². The van der Waals surface area contributed by atoms with Gasteiger partial charge in [0.15, 0.2) is 0 Å². The minimum atomic E-state index is -4.23. The summed E-state index contributed by atoms with van der Waals surface area (Å²) in [6, 6.07) is 12.7. The Morgan fingerprint density at radius 2 is 1.69 bits per heavy atom. The summed E-state index contributed by atoms with van der Waals surface area (Å²) in [5, 5.41) is 13.0. The smallest absolute Gasteiger partial charge is 0.335 e. The molecule has 2 aliphatic rings. The minimum absolute atomic E-state index is 0. The number of nitrogens with zero attached hydrogens (tertiary/aromatic N) is 5. The highest BCUT2D eigenvalue weighted by Crippen LogP contribution is 2.35. The quantitative estimate of drug-likeness (QED) is 0.117. The zero-order valence-electron chi connectivity index (χ0n) is 30.1. The summed E-state index contributed by atoms with van der Waals surface area (Å²) in [6.07, 6.45) is 10.6. The van der Waals surface area contributed by atoms with E-state index >= 15 is 0 Å². The number of halogens is 1. The van der Waals surface area contributed by atoms with Crippen molar-refractivity contribution in [3.63, 3.8) is 0 Å². The second kappa shape index (κ2) is 16.6. The summed E-state index contributed by atoms with van der Waals surface area (Å²) in [6.45, 7) is 11.3. The SMILES string of the molecule is Cc1cccc(C)c1-c1cc(OC[C@@H](CCC2CC2)NCc2ncc(N3CCC(C)(C)CC3)cn2)nc(NS(=O)(=O)c2cccc(C(=O)O)c2)n1.Cl. The first kappa shape index (κ1) is 38.9. The number of anilines is 2. The van der Waals surface area contributed by atoms with E-state index in [1.54, 1.807) is 6.07 Å². The van der Waals surface area contributed by atoms with E-state index in [9.17, 15) is 18.3 Å². The molecule has 0 radical (unpaired) electrons. The molecule has 1 aliphatic carbocycles. The lowest BCUT2D eigenvalue weighted by atomic mass is 9.82. The van der Waals surface area contributed by atoms with Gasteiger partial charge in [0.05, 0.1) is 40.8 Å². The first-order valence-corrected chi connectivity index (χ1v) is 19.1. The van der Waals surface area contributed by atoms with Gasteiger partial charge >= 0.3 is 5.97 Å². The van der Waals surface area contributed by atoms with E-state index in [0.717, 1.165) is 73.1 Å². The van der Waals surface area contributed by atoms with Gasteiger partial charge in [-0.25, -0.2) is 32.9 Å². The first-order valence-electron chi connectivity index (χ1n) is 17.6. The Labute approximate surface area is 312 Å². The van der Waals surface area contributed by atoms with Crippen molar-refractivity contribution in [3.8, 4) is 17.1 Å². The molecule has 1 atom stereocenters. The number of carboxylic acid groups (broad SMARTS) is 1. The first-order chi connectivity index (χ1) is 24.3. The molecule has 0 amide bonds. The molecule has 52 heavy (non-hydrogen) atoms. The van der Waals surface area contributed by atoms with E-state index < -0.39 is 16.0 Å². The average Bonchev–Trinajstić information content (AvgIpc) is 3.93. The highest BCUT2D eigenvalue weighted by molar-refractivity contribution is 7.92. The third kappa shape index (κ3) is 10.2. The Morgan fingerprint density at radius 1 is 1.02 bits per heavy atom. The van der Waals surface area contributed by atoms with Gasteiger partial charge in [-0.3, -0.25) is 0 Å². The summed E-state index contributed by atoms with van der Waals surface area (Å²) >= 11 is 0. The fraction of sp³-hybridized carbons (Fsp3) is 0.447. The molecule has 0 bridgehead atoms. The van der Waals surface area contributed by atoms with E-state index in [1.165, 1.54) is 31.0 Å². The topological polar surface area (TPSA) is 160 Å². The van der Waals surface area contributed by atoms with Gasteiger partial charge in [-0.2, -0.15) is 4.98 Å². The second-order valence-corrected chi connectivity index (χ2v) is 16.2. The Bertz CT molecular complexity index is 1940.